The van der Waals surface area contributed by atoms with E-state index in [1.165, 1.54) is 0 Å². The number of fused-ring (bicyclic) bond motifs is 1. The van der Waals surface area contributed by atoms with E-state index in [4.69, 9.17) is 15.8 Å². The average Bonchev–Trinajstić information content (AvgIpc) is 2.27. The first-order valence-electron chi connectivity index (χ1n) is 3.11. The minimum Gasteiger partial charge on any atom is -0.400 e. The maximum Gasteiger partial charge on any atom is 0.211 e. The highest BCUT2D eigenvalue weighted by molar-refractivity contribution is 7.80. The summed E-state index contributed by atoms with van der Waals surface area (Å²) in [5.41, 5.74) is 0.927. The third kappa shape index (κ3) is 1.26. The van der Waals surface area contributed by atoms with Crippen molar-refractivity contribution in [2.75, 3.05) is 0 Å². The van der Waals surface area contributed by atoms with E-state index in [1.807, 2.05) is 0 Å². The van der Waals surface area contributed by atoms with Gasteiger partial charge in [0.25, 0.3) is 0 Å². The van der Waals surface area contributed by atoms with Crippen molar-refractivity contribution < 1.29 is 8.39 Å². The molecule has 1 aromatic rings. The van der Waals surface area contributed by atoms with Gasteiger partial charge >= 0.3 is 0 Å². The monoisotopic (exact) mass is 188 g/mol. The number of benzene rings is 1. The molecule has 1 atom stereocenters. The molecule has 0 fully saturated rings. The molecule has 58 valence electrons. The molecule has 0 spiro atoms. The molecule has 1 aromatic carbocycles. The first-order valence-corrected chi connectivity index (χ1v) is 4.73. The highest BCUT2D eigenvalue weighted by Crippen LogP contribution is 2.29. The zero-order valence-electron chi connectivity index (χ0n) is 5.54. The Bertz CT molecular complexity index is 324. The number of hydrogen-bond donors (Lipinski definition) is 0. The van der Waals surface area contributed by atoms with E-state index < -0.39 is 11.1 Å². The molecule has 0 radical (unpaired) electrons. The molecule has 11 heavy (non-hydrogen) atoms. The molecule has 0 saturated carbocycles. The van der Waals surface area contributed by atoms with Crippen molar-refractivity contribution in [2.45, 2.75) is 5.75 Å². The van der Waals surface area contributed by atoms with Gasteiger partial charge in [-0.3, -0.25) is 0 Å². The standard InChI is InChI=1S/C7H5ClO2S/c8-6-1-2-7-5(3-6)4-11(9)10-7/h1-3H,4H2. The van der Waals surface area contributed by atoms with Gasteiger partial charge in [0, 0.05) is 10.6 Å². The molecule has 1 aliphatic heterocycles. The molecule has 2 nitrogen and oxygen atoms in total. The number of halogens is 1. The molecule has 4 heteroatoms. The molecule has 0 amide bonds. The van der Waals surface area contributed by atoms with Crippen LogP contribution in [0.3, 0.4) is 0 Å². The lowest BCUT2D eigenvalue weighted by atomic mass is 10.2. The summed E-state index contributed by atoms with van der Waals surface area (Å²) in [5, 5.41) is 0.659. The van der Waals surface area contributed by atoms with Gasteiger partial charge in [-0.1, -0.05) is 11.6 Å². The van der Waals surface area contributed by atoms with E-state index in [0.29, 0.717) is 16.5 Å². The first-order chi connectivity index (χ1) is 5.25. The summed E-state index contributed by atoms with van der Waals surface area (Å²) in [7, 11) is 0. The van der Waals surface area contributed by atoms with E-state index in [1.54, 1.807) is 18.2 Å². The Morgan fingerprint density at radius 2 is 2.36 bits per heavy atom. The van der Waals surface area contributed by atoms with Crippen molar-refractivity contribution in [3.05, 3.63) is 28.8 Å². The summed E-state index contributed by atoms with van der Waals surface area (Å²) in [4.78, 5) is 0. The second-order valence-corrected chi connectivity index (χ2v) is 3.78. The van der Waals surface area contributed by atoms with Crippen LogP contribution in [-0.4, -0.2) is 4.21 Å². The van der Waals surface area contributed by atoms with Gasteiger partial charge in [-0.05, 0) is 18.2 Å². The third-order valence-electron chi connectivity index (χ3n) is 1.48. The Kier molecular flexibility index (Phi) is 1.62. The Morgan fingerprint density at radius 3 is 3.18 bits per heavy atom. The molecular formula is C7H5ClO2S. The summed E-state index contributed by atoms with van der Waals surface area (Å²) in [6.45, 7) is 0. The molecular weight excluding hydrogens is 184 g/mol. The summed E-state index contributed by atoms with van der Waals surface area (Å²) in [6, 6.07) is 5.24. The van der Waals surface area contributed by atoms with Crippen LogP contribution in [0.25, 0.3) is 0 Å². The van der Waals surface area contributed by atoms with Crippen LogP contribution in [0.1, 0.15) is 5.56 Å². The zero-order chi connectivity index (χ0) is 7.84. The molecule has 2 rings (SSSR count). The molecule has 0 bridgehead atoms. The Hall–Kier alpha value is -0.540. The van der Waals surface area contributed by atoms with Crippen LogP contribution >= 0.6 is 11.6 Å². The molecule has 1 unspecified atom stereocenters. The van der Waals surface area contributed by atoms with E-state index in [2.05, 4.69) is 0 Å². The van der Waals surface area contributed by atoms with Gasteiger partial charge in [-0.15, -0.1) is 0 Å². The summed E-state index contributed by atoms with van der Waals surface area (Å²) >= 11 is 4.53. The lowest BCUT2D eigenvalue weighted by molar-refractivity contribution is 0.577. The van der Waals surface area contributed by atoms with Crippen LogP contribution in [0.15, 0.2) is 18.2 Å². The zero-order valence-corrected chi connectivity index (χ0v) is 7.11. The minimum absolute atomic E-state index is 0.454. The average molecular weight is 189 g/mol. The Balaban J connectivity index is 2.51. The highest BCUT2D eigenvalue weighted by atomic mass is 35.5. The van der Waals surface area contributed by atoms with Gasteiger partial charge in [0.1, 0.15) is 5.75 Å². The second kappa shape index (κ2) is 2.50. The van der Waals surface area contributed by atoms with Crippen molar-refractivity contribution >= 4 is 22.7 Å². The van der Waals surface area contributed by atoms with E-state index in [9.17, 15) is 4.21 Å². The predicted octanol–water partition coefficient (Wildman–Crippen LogP) is 1.90. The van der Waals surface area contributed by atoms with Crippen LogP contribution < -0.4 is 4.18 Å². The van der Waals surface area contributed by atoms with Crippen LogP contribution in [0.5, 0.6) is 5.75 Å². The minimum atomic E-state index is -1.19. The summed E-state index contributed by atoms with van der Waals surface area (Å²) in [6.07, 6.45) is 0. The van der Waals surface area contributed by atoms with Crippen LogP contribution in [0.2, 0.25) is 5.02 Å². The van der Waals surface area contributed by atoms with Gasteiger partial charge in [0.2, 0.25) is 11.1 Å². The van der Waals surface area contributed by atoms with Crippen LogP contribution in [0.4, 0.5) is 0 Å². The molecule has 1 heterocycles. The quantitative estimate of drug-likeness (QED) is 0.622. The van der Waals surface area contributed by atoms with E-state index in [0.717, 1.165) is 5.56 Å². The maximum absolute atomic E-state index is 10.9. The molecule has 0 aromatic heterocycles. The lowest BCUT2D eigenvalue weighted by Crippen LogP contribution is -1.90. The van der Waals surface area contributed by atoms with E-state index in [-0.39, 0.29) is 0 Å². The summed E-state index contributed by atoms with van der Waals surface area (Å²) in [5.74, 6) is 1.14. The lowest BCUT2D eigenvalue weighted by Gasteiger charge is -1.94. The van der Waals surface area contributed by atoms with Crippen LogP contribution in [-0.2, 0) is 16.8 Å². The number of hydrogen-bond acceptors (Lipinski definition) is 2. The van der Waals surface area contributed by atoms with Gasteiger partial charge in [0.15, 0.2) is 0 Å². The van der Waals surface area contributed by atoms with Crippen LogP contribution in [0, 0.1) is 0 Å². The molecule has 0 aliphatic carbocycles. The van der Waals surface area contributed by atoms with Crippen molar-refractivity contribution in [1.82, 2.24) is 0 Å². The molecule has 0 saturated heterocycles. The topological polar surface area (TPSA) is 26.3 Å². The summed E-state index contributed by atoms with van der Waals surface area (Å²) < 4.78 is 15.8. The third-order valence-corrected chi connectivity index (χ3v) is 2.63. The highest BCUT2D eigenvalue weighted by Gasteiger charge is 2.18. The van der Waals surface area contributed by atoms with Gasteiger partial charge < -0.3 is 4.18 Å². The van der Waals surface area contributed by atoms with Crippen molar-refractivity contribution in [1.29, 1.82) is 0 Å². The largest absolute Gasteiger partial charge is 0.400 e. The van der Waals surface area contributed by atoms with E-state index >= 15 is 0 Å². The predicted molar refractivity (Wildman–Crippen MR) is 43.9 cm³/mol. The van der Waals surface area contributed by atoms with Crippen molar-refractivity contribution in [2.24, 2.45) is 0 Å². The molecule has 0 N–H and O–H groups in total. The second-order valence-electron chi connectivity index (χ2n) is 2.28. The maximum atomic E-state index is 10.9. The van der Waals surface area contributed by atoms with Gasteiger partial charge in [-0.2, -0.15) is 0 Å². The van der Waals surface area contributed by atoms with Crippen molar-refractivity contribution in [3.63, 3.8) is 0 Å². The smallest absolute Gasteiger partial charge is 0.211 e. The fraction of sp³-hybridized carbons (Fsp3) is 0.143. The fourth-order valence-corrected chi connectivity index (χ4v) is 2.09. The Morgan fingerprint density at radius 1 is 1.55 bits per heavy atom. The van der Waals surface area contributed by atoms with Gasteiger partial charge in [-0.25, -0.2) is 4.21 Å². The normalized spacial score (nSPS) is 21.0. The van der Waals surface area contributed by atoms with Crippen molar-refractivity contribution in [3.8, 4) is 5.75 Å². The number of rotatable bonds is 0. The SMILES string of the molecule is O=S1Cc2cc(Cl)ccc2O1. The molecule has 1 aliphatic rings. The first kappa shape index (κ1) is 7.13. The van der Waals surface area contributed by atoms with Gasteiger partial charge in [0.05, 0.1) is 5.75 Å². The fourth-order valence-electron chi connectivity index (χ4n) is 0.999. The Labute approximate surface area is 71.8 Å².